The fraction of sp³-hybridized carbons (Fsp3) is 0.133. The van der Waals surface area contributed by atoms with E-state index in [-0.39, 0.29) is 5.91 Å². The summed E-state index contributed by atoms with van der Waals surface area (Å²) in [6.07, 6.45) is 0. The Hall–Kier alpha value is -1.33. The van der Waals surface area contributed by atoms with Gasteiger partial charge in [-0.2, -0.15) is 0 Å². The number of benzene rings is 2. The summed E-state index contributed by atoms with van der Waals surface area (Å²) in [6, 6.07) is 9.28. The zero-order valence-corrected chi connectivity index (χ0v) is 14.3. The topological polar surface area (TPSA) is 55.1 Å². The molecule has 0 aliphatic carbocycles. The Bertz CT molecular complexity index is 661. The van der Waals surface area contributed by atoms with E-state index in [1.165, 1.54) is 0 Å². The summed E-state index contributed by atoms with van der Waals surface area (Å²) >= 11 is 6.79. The number of aryl methyl sites for hydroxylation is 2. The second-order valence-electron chi connectivity index (χ2n) is 4.62. The van der Waals surface area contributed by atoms with Crippen LogP contribution in [0.15, 0.2) is 39.3 Å². The molecule has 0 unspecified atom stereocenters. The first-order valence-electron chi connectivity index (χ1n) is 6.01. The van der Waals surface area contributed by atoms with Crippen molar-refractivity contribution in [2.45, 2.75) is 13.8 Å². The maximum absolute atomic E-state index is 12.3. The van der Waals surface area contributed by atoms with Gasteiger partial charge in [-0.25, -0.2) is 0 Å². The molecule has 0 saturated heterocycles. The summed E-state index contributed by atoms with van der Waals surface area (Å²) in [5, 5.41) is 2.87. The number of nitrogen functional groups attached to an aromatic ring is 1. The summed E-state index contributed by atoms with van der Waals surface area (Å²) in [7, 11) is 0. The highest BCUT2D eigenvalue weighted by Crippen LogP contribution is 2.29. The van der Waals surface area contributed by atoms with E-state index in [2.05, 4.69) is 37.2 Å². The molecule has 0 fully saturated rings. The van der Waals surface area contributed by atoms with Crippen LogP contribution in [0.1, 0.15) is 21.5 Å². The molecular weight excluding hydrogens is 384 g/mol. The molecule has 0 bridgehead atoms. The quantitative estimate of drug-likeness (QED) is 0.723. The van der Waals surface area contributed by atoms with Crippen molar-refractivity contribution in [2.75, 3.05) is 11.1 Å². The minimum absolute atomic E-state index is 0.186. The van der Waals surface area contributed by atoms with Gasteiger partial charge in [0.1, 0.15) is 0 Å². The molecule has 0 aliphatic heterocycles. The molecule has 2 aromatic rings. The average Bonchev–Trinajstić information content (AvgIpc) is 2.33. The Kier molecular flexibility index (Phi) is 4.50. The minimum Gasteiger partial charge on any atom is -0.397 e. The van der Waals surface area contributed by atoms with E-state index in [1.54, 1.807) is 12.1 Å². The molecule has 0 atom stereocenters. The molecule has 0 heterocycles. The maximum Gasteiger partial charge on any atom is 0.256 e. The van der Waals surface area contributed by atoms with Gasteiger partial charge in [0.15, 0.2) is 0 Å². The normalized spacial score (nSPS) is 10.4. The summed E-state index contributed by atoms with van der Waals surface area (Å²) < 4.78 is 1.66. The Morgan fingerprint density at radius 1 is 1.15 bits per heavy atom. The number of nitrogens with two attached hydrogens (primary N) is 1. The van der Waals surface area contributed by atoms with Crippen molar-refractivity contribution >= 4 is 49.1 Å². The van der Waals surface area contributed by atoms with E-state index < -0.39 is 0 Å². The van der Waals surface area contributed by atoms with Crippen molar-refractivity contribution < 1.29 is 4.79 Å². The molecule has 0 aromatic heterocycles. The van der Waals surface area contributed by atoms with Crippen LogP contribution >= 0.6 is 31.9 Å². The summed E-state index contributed by atoms with van der Waals surface area (Å²) in [6.45, 7) is 3.88. The first-order valence-corrected chi connectivity index (χ1v) is 7.60. The number of carbonyl (C=O) groups excluding carboxylic acids is 1. The molecule has 5 heteroatoms. The molecule has 0 spiro atoms. The molecule has 3 nitrogen and oxygen atoms in total. The van der Waals surface area contributed by atoms with Crippen molar-refractivity contribution in [1.82, 2.24) is 0 Å². The summed E-state index contributed by atoms with van der Waals surface area (Å²) in [5.74, 6) is -0.186. The van der Waals surface area contributed by atoms with Crippen LogP contribution in [0, 0.1) is 13.8 Å². The molecule has 1 amide bonds. The van der Waals surface area contributed by atoms with Gasteiger partial charge in [-0.3, -0.25) is 4.79 Å². The highest BCUT2D eigenvalue weighted by molar-refractivity contribution is 9.10. The van der Waals surface area contributed by atoms with E-state index in [9.17, 15) is 4.79 Å². The molecule has 0 aliphatic rings. The Balaban J connectivity index is 2.33. The van der Waals surface area contributed by atoms with Gasteiger partial charge >= 0.3 is 0 Å². The van der Waals surface area contributed by atoms with Crippen molar-refractivity contribution in [1.29, 1.82) is 0 Å². The Morgan fingerprint density at radius 2 is 1.85 bits per heavy atom. The number of halogens is 2. The third-order valence-electron chi connectivity index (χ3n) is 2.94. The van der Waals surface area contributed by atoms with Gasteiger partial charge in [0.25, 0.3) is 5.91 Å². The molecule has 2 aromatic carbocycles. The lowest BCUT2D eigenvalue weighted by Crippen LogP contribution is -2.15. The van der Waals surface area contributed by atoms with Crippen LogP contribution in [0.2, 0.25) is 0 Å². The number of anilines is 2. The minimum atomic E-state index is -0.186. The number of hydrogen-bond acceptors (Lipinski definition) is 2. The van der Waals surface area contributed by atoms with Gasteiger partial charge in [-0.15, -0.1) is 0 Å². The van der Waals surface area contributed by atoms with Crippen molar-refractivity contribution in [3.05, 3.63) is 56.0 Å². The van der Waals surface area contributed by atoms with E-state index in [4.69, 9.17) is 5.73 Å². The predicted octanol–water partition coefficient (Wildman–Crippen LogP) is 4.66. The lowest BCUT2D eigenvalue weighted by atomic mass is 10.1. The fourth-order valence-electron chi connectivity index (χ4n) is 1.92. The number of hydrogen-bond donors (Lipinski definition) is 2. The number of amides is 1. The van der Waals surface area contributed by atoms with Gasteiger partial charge < -0.3 is 11.1 Å². The number of nitrogens with one attached hydrogen (secondary N) is 1. The SMILES string of the molecule is Cc1ccc(C(=O)Nc2c(C)cc(Br)cc2N)c(Br)c1. The van der Waals surface area contributed by atoms with Crippen LogP contribution in [0.5, 0.6) is 0 Å². The van der Waals surface area contributed by atoms with Crippen molar-refractivity contribution in [3.8, 4) is 0 Å². The lowest BCUT2D eigenvalue weighted by Gasteiger charge is -2.13. The van der Waals surface area contributed by atoms with Gasteiger partial charge in [0, 0.05) is 8.95 Å². The number of carbonyl (C=O) groups is 1. The first-order chi connectivity index (χ1) is 9.38. The third-order valence-corrected chi connectivity index (χ3v) is 4.05. The number of rotatable bonds is 2. The van der Waals surface area contributed by atoms with Crippen molar-refractivity contribution in [2.24, 2.45) is 0 Å². The van der Waals surface area contributed by atoms with Gasteiger partial charge in [-0.05, 0) is 65.2 Å². The zero-order chi connectivity index (χ0) is 14.9. The molecule has 104 valence electrons. The predicted molar refractivity (Wildman–Crippen MR) is 90.1 cm³/mol. The summed E-state index contributed by atoms with van der Waals surface area (Å²) in [4.78, 5) is 12.3. The summed E-state index contributed by atoms with van der Waals surface area (Å²) in [5.41, 5.74) is 9.72. The lowest BCUT2D eigenvalue weighted by molar-refractivity contribution is 0.102. The molecule has 0 saturated carbocycles. The van der Waals surface area contributed by atoms with Crippen LogP contribution in [0.25, 0.3) is 0 Å². The van der Waals surface area contributed by atoms with Crippen LogP contribution in [-0.4, -0.2) is 5.91 Å². The third kappa shape index (κ3) is 3.22. The molecule has 3 N–H and O–H groups in total. The van der Waals surface area contributed by atoms with E-state index in [0.717, 1.165) is 20.1 Å². The second-order valence-corrected chi connectivity index (χ2v) is 6.39. The van der Waals surface area contributed by atoms with Crippen LogP contribution in [0.3, 0.4) is 0 Å². The Morgan fingerprint density at radius 3 is 2.45 bits per heavy atom. The highest BCUT2D eigenvalue weighted by Gasteiger charge is 2.13. The molecular formula is C15H14Br2N2O. The molecule has 20 heavy (non-hydrogen) atoms. The monoisotopic (exact) mass is 396 g/mol. The fourth-order valence-corrected chi connectivity index (χ4v) is 3.19. The average molecular weight is 398 g/mol. The second kappa shape index (κ2) is 5.97. The zero-order valence-electron chi connectivity index (χ0n) is 11.1. The van der Waals surface area contributed by atoms with Gasteiger partial charge in [0.05, 0.1) is 16.9 Å². The van der Waals surface area contributed by atoms with Crippen molar-refractivity contribution in [3.63, 3.8) is 0 Å². The largest absolute Gasteiger partial charge is 0.397 e. The van der Waals surface area contributed by atoms with Gasteiger partial charge in [-0.1, -0.05) is 22.0 Å². The van der Waals surface area contributed by atoms with Crippen LogP contribution in [0.4, 0.5) is 11.4 Å². The van der Waals surface area contributed by atoms with Crippen LogP contribution < -0.4 is 11.1 Å². The van der Waals surface area contributed by atoms with E-state index in [0.29, 0.717) is 16.9 Å². The van der Waals surface area contributed by atoms with Gasteiger partial charge in [0.2, 0.25) is 0 Å². The first kappa shape index (κ1) is 15.1. The highest BCUT2D eigenvalue weighted by atomic mass is 79.9. The maximum atomic E-state index is 12.3. The molecule has 2 rings (SSSR count). The van der Waals surface area contributed by atoms with E-state index in [1.807, 2.05) is 32.0 Å². The standard InChI is InChI=1S/C15H14Br2N2O/c1-8-3-4-11(12(17)5-8)15(20)19-14-9(2)6-10(16)7-13(14)18/h3-7H,18H2,1-2H3,(H,19,20). The molecule has 0 radical (unpaired) electrons. The Labute approximate surface area is 134 Å². The van der Waals surface area contributed by atoms with E-state index >= 15 is 0 Å². The van der Waals surface area contributed by atoms with Crippen LogP contribution in [-0.2, 0) is 0 Å². The smallest absolute Gasteiger partial charge is 0.256 e.